The fraction of sp³-hybridized carbons (Fsp3) is 0.125. The third-order valence-electron chi connectivity index (χ3n) is 1.75. The molecule has 0 aromatic heterocycles. The molecule has 0 saturated carbocycles. The SMILES string of the molecule is O=C[SH]1Cc2ccccc2N1. The molecule has 0 bridgehead atoms. The van der Waals surface area contributed by atoms with E-state index in [0.717, 1.165) is 17.1 Å². The first-order valence-electron chi connectivity index (χ1n) is 3.46. The van der Waals surface area contributed by atoms with Gasteiger partial charge in [-0.25, -0.2) is 0 Å². The monoisotopic (exact) mass is 167 g/mol. The third-order valence-corrected chi connectivity index (χ3v) is 3.21. The van der Waals surface area contributed by atoms with E-state index in [2.05, 4.69) is 10.8 Å². The molecule has 2 rings (SSSR count). The van der Waals surface area contributed by atoms with Gasteiger partial charge in [0, 0.05) is 11.4 Å². The normalized spacial score (nSPS) is 23.8. The summed E-state index contributed by atoms with van der Waals surface area (Å²) in [5.41, 5.74) is 3.42. The second-order valence-corrected chi connectivity index (χ2v) is 4.19. The van der Waals surface area contributed by atoms with Crippen molar-refractivity contribution in [3.8, 4) is 0 Å². The van der Waals surface area contributed by atoms with E-state index in [-0.39, 0.29) is 0 Å². The molecular formula is C8H9NOS. The van der Waals surface area contributed by atoms with Crippen LogP contribution in [0.25, 0.3) is 0 Å². The number of carbonyl (C=O) groups is 1. The molecule has 1 unspecified atom stereocenters. The van der Waals surface area contributed by atoms with Gasteiger partial charge >= 0.3 is 0 Å². The number of hydrogen-bond donors (Lipinski definition) is 2. The van der Waals surface area contributed by atoms with Gasteiger partial charge in [0.05, 0.1) is 0 Å². The van der Waals surface area contributed by atoms with Crippen LogP contribution < -0.4 is 4.72 Å². The van der Waals surface area contributed by atoms with Gasteiger partial charge in [-0.1, -0.05) is 18.2 Å². The van der Waals surface area contributed by atoms with Crippen LogP contribution in [0, 0.1) is 0 Å². The van der Waals surface area contributed by atoms with Crippen molar-refractivity contribution in [2.75, 3.05) is 4.72 Å². The first-order chi connectivity index (χ1) is 5.40. The minimum absolute atomic E-state index is 0.600. The van der Waals surface area contributed by atoms with Gasteiger partial charge in [0.15, 0.2) is 5.62 Å². The van der Waals surface area contributed by atoms with Gasteiger partial charge in [0.1, 0.15) is 0 Å². The van der Waals surface area contributed by atoms with Crippen molar-refractivity contribution in [2.24, 2.45) is 0 Å². The summed E-state index contributed by atoms with van der Waals surface area (Å²) in [7, 11) is 0. The number of anilines is 1. The number of fused-ring (bicyclic) bond motifs is 1. The van der Waals surface area contributed by atoms with Crippen LogP contribution in [0.4, 0.5) is 5.69 Å². The van der Waals surface area contributed by atoms with Crippen LogP contribution in [0.3, 0.4) is 0 Å². The molecule has 1 heterocycles. The molecule has 58 valence electrons. The molecule has 1 atom stereocenters. The van der Waals surface area contributed by atoms with Crippen molar-refractivity contribution in [3.05, 3.63) is 29.8 Å². The van der Waals surface area contributed by atoms with Gasteiger partial charge in [-0.3, -0.25) is 4.79 Å². The molecule has 1 N–H and O–H groups in total. The highest BCUT2D eigenvalue weighted by molar-refractivity contribution is 8.28. The number of carbonyl (C=O) groups excluding carboxylic acids is 1. The number of hydrogen-bond acceptors (Lipinski definition) is 2. The zero-order valence-corrected chi connectivity index (χ0v) is 6.84. The van der Waals surface area contributed by atoms with Gasteiger partial charge < -0.3 is 4.72 Å². The number of nitrogens with one attached hydrogen (secondary N) is 1. The van der Waals surface area contributed by atoms with Crippen LogP contribution in [0.1, 0.15) is 5.56 Å². The molecule has 2 nitrogen and oxygen atoms in total. The Balaban J connectivity index is 2.33. The first kappa shape index (κ1) is 6.73. The highest BCUT2D eigenvalue weighted by Crippen LogP contribution is 2.39. The van der Waals surface area contributed by atoms with Gasteiger partial charge in [-0.2, -0.15) is 0 Å². The minimum Gasteiger partial charge on any atom is -0.343 e. The molecule has 0 fully saturated rings. The molecule has 0 saturated heterocycles. The summed E-state index contributed by atoms with van der Waals surface area (Å²) in [6, 6.07) is 8.06. The summed E-state index contributed by atoms with van der Waals surface area (Å²) >= 11 is -0.600. The van der Waals surface area contributed by atoms with Crippen molar-refractivity contribution in [1.82, 2.24) is 0 Å². The fourth-order valence-electron chi connectivity index (χ4n) is 1.21. The standard InChI is InChI=1S/C8H9NOS/c10-6-11-5-7-3-1-2-4-8(7)9-11/h1-4,6,9,11H,5H2. The Kier molecular flexibility index (Phi) is 1.58. The largest absolute Gasteiger partial charge is 0.343 e. The van der Waals surface area contributed by atoms with Crippen LogP contribution >= 0.6 is 11.1 Å². The lowest BCUT2D eigenvalue weighted by Crippen LogP contribution is -1.87. The Morgan fingerprint density at radius 2 is 2.27 bits per heavy atom. The van der Waals surface area contributed by atoms with E-state index in [1.165, 1.54) is 5.56 Å². The van der Waals surface area contributed by atoms with E-state index in [4.69, 9.17) is 0 Å². The van der Waals surface area contributed by atoms with Crippen molar-refractivity contribution < 1.29 is 4.79 Å². The average molecular weight is 167 g/mol. The maximum Gasteiger partial charge on any atom is 0.173 e. The predicted molar refractivity (Wildman–Crippen MR) is 49.5 cm³/mol. The van der Waals surface area contributed by atoms with Gasteiger partial charge in [-0.15, -0.1) is 11.1 Å². The molecule has 1 aliphatic rings. The Hall–Kier alpha value is -0.960. The van der Waals surface area contributed by atoms with E-state index in [0.29, 0.717) is 0 Å². The van der Waals surface area contributed by atoms with Gasteiger partial charge in [-0.05, 0) is 11.6 Å². The molecule has 1 aromatic carbocycles. The highest BCUT2D eigenvalue weighted by Gasteiger charge is 2.14. The zero-order chi connectivity index (χ0) is 7.68. The number of thiol groups is 1. The van der Waals surface area contributed by atoms with E-state index >= 15 is 0 Å². The van der Waals surface area contributed by atoms with Crippen LogP contribution in [-0.4, -0.2) is 5.62 Å². The molecular weight excluding hydrogens is 158 g/mol. The first-order valence-corrected chi connectivity index (χ1v) is 5.06. The molecule has 1 aromatic rings. The van der Waals surface area contributed by atoms with E-state index < -0.39 is 11.1 Å². The summed E-state index contributed by atoms with van der Waals surface area (Å²) in [4.78, 5) is 10.4. The molecule has 0 radical (unpaired) electrons. The number of rotatable bonds is 1. The molecule has 11 heavy (non-hydrogen) atoms. The van der Waals surface area contributed by atoms with E-state index in [1.54, 1.807) is 0 Å². The van der Waals surface area contributed by atoms with Crippen LogP contribution in [0.15, 0.2) is 24.3 Å². The number of para-hydroxylation sites is 1. The van der Waals surface area contributed by atoms with E-state index in [1.807, 2.05) is 18.2 Å². The quantitative estimate of drug-likeness (QED) is 0.492. The second-order valence-electron chi connectivity index (χ2n) is 2.50. The second kappa shape index (κ2) is 2.58. The summed E-state index contributed by atoms with van der Waals surface area (Å²) in [5, 5.41) is 0. The predicted octanol–water partition coefficient (Wildman–Crippen LogP) is 1.72. The van der Waals surface area contributed by atoms with Crippen molar-refractivity contribution in [2.45, 2.75) is 5.75 Å². The fourth-order valence-corrected chi connectivity index (χ4v) is 2.59. The third kappa shape index (κ3) is 1.12. The van der Waals surface area contributed by atoms with Crippen molar-refractivity contribution >= 4 is 22.4 Å². The summed E-state index contributed by atoms with van der Waals surface area (Å²) in [6.07, 6.45) is 0. The lowest BCUT2D eigenvalue weighted by molar-refractivity contribution is 0.569. The van der Waals surface area contributed by atoms with Crippen LogP contribution in [0.5, 0.6) is 0 Å². The molecule has 1 aliphatic heterocycles. The Bertz CT molecular complexity index is 262. The maximum absolute atomic E-state index is 10.4. The summed E-state index contributed by atoms with van der Waals surface area (Å²) in [5.74, 6) is 0.898. The Labute approximate surface area is 68.1 Å². The van der Waals surface area contributed by atoms with Crippen molar-refractivity contribution in [3.63, 3.8) is 0 Å². The van der Waals surface area contributed by atoms with E-state index in [9.17, 15) is 4.79 Å². The highest BCUT2D eigenvalue weighted by atomic mass is 32.2. The zero-order valence-electron chi connectivity index (χ0n) is 5.95. The molecule has 0 spiro atoms. The van der Waals surface area contributed by atoms with Crippen molar-refractivity contribution in [1.29, 1.82) is 0 Å². The summed E-state index contributed by atoms with van der Waals surface area (Å²) in [6.45, 7) is 0. The van der Waals surface area contributed by atoms with Gasteiger partial charge in [0.25, 0.3) is 0 Å². The lowest BCUT2D eigenvalue weighted by atomic mass is 10.2. The average Bonchev–Trinajstić information content (AvgIpc) is 2.46. The minimum atomic E-state index is -0.600. The smallest absolute Gasteiger partial charge is 0.173 e. The van der Waals surface area contributed by atoms with Gasteiger partial charge in [0.2, 0.25) is 0 Å². The summed E-state index contributed by atoms with van der Waals surface area (Å²) < 4.78 is 3.18. The molecule has 3 heteroatoms. The molecule has 0 aliphatic carbocycles. The number of benzene rings is 1. The Morgan fingerprint density at radius 1 is 1.45 bits per heavy atom. The molecule has 0 amide bonds. The topological polar surface area (TPSA) is 29.1 Å². The van der Waals surface area contributed by atoms with Crippen LogP contribution in [0.2, 0.25) is 0 Å². The maximum atomic E-state index is 10.4. The lowest BCUT2D eigenvalue weighted by Gasteiger charge is -2.04. The van der Waals surface area contributed by atoms with Crippen LogP contribution in [-0.2, 0) is 10.5 Å². The Morgan fingerprint density at radius 3 is 3.00 bits per heavy atom.